The molecule has 1 aliphatic heterocycles. The summed E-state index contributed by atoms with van der Waals surface area (Å²) in [6.07, 6.45) is -3.49. The molecule has 1 rings (SSSR count). The molecule has 78 valence electrons. The third-order valence-corrected chi connectivity index (χ3v) is 2.56. The van der Waals surface area contributed by atoms with E-state index in [9.17, 15) is 13.2 Å². The quantitative estimate of drug-likeness (QED) is 0.711. The maximum Gasteiger partial charge on any atom is 0.404 e. The van der Waals surface area contributed by atoms with E-state index >= 15 is 0 Å². The van der Waals surface area contributed by atoms with Gasteiger partial charge in [-0.15, -0.1) is 0 Å². The largest absolute Gasteiger partial charge is 0.404 e. The average Bonchev–Trinajstić information content (AvgIpc) is 2.34. The van der Waals surface area contributed by atoms with Gasteiger partial charge in [0.15, 0.2) is 0 Å². The van der Waals surface area contributed by atoms with E-state index in [4.69, 9.17) is 0 Å². The summed E-state index contributed by atoms with van der Waals surface area (Å²) in [6, 6.07) is -1.35. The van der Waals surface area contributed by atoms with Gasteiger partial charge < -0.3 is 10.2 Å². The second-order valence-electron chi connectivity index (χ2n) is 3.62. The van der Waals surface area contributed by atoms with Gasteiger partial charge in [0.2, 0.25) is 0 Å². The topological polar surface area (TPSA) is 15.3 Å². The molecule has 0 saturated carbocycles. The van der Waals surface area contributed by atoms with Crippen LogP contribution in [0.2, 0.25) is 0 Å². The molecule has 0 radical (unpaired) electrons. The normalized spacial score (nSPS) is 27.9. The smallest absolute Gasteiger partial charge is 0.309 e. The summed E-state index contributed by atoms with van der Waals surface area (Å²) in [5, 5.41) is 2.35. The number of likely N-dealkylation sites (tertiary alicyclic amines) is 1. The lowest BCUT2D eigenvalue weighted by Gasteiger charge is -2.25. The average molecular weight is 196 g/mol. The Morgan fingerprint density at radius 2 is 2.08 bits per heavy atom. The van der Waals surface area contributed by atoms with Gasteiger partial charge >= 0.3 is 6.18 Å². The van der Waals surface area contributed by atoms with E-state index in [2.05, 4.69) is 5.32 Å². The summed E-state index contributed by atoms with van der Waals surface area (Å²) in [7, 11) is 3.22. The van der Waals surface area contributed by atoms with Gasteiger partial charge in [0.25, 0.3) is 0 Å². The summed E-state index contributed by atoms with van der Waals surface area (Å²) in [5.41, 5.74) is 0. The molecule has 0 aromatic carbocycles. The maximum absolute atomic E-state index is 12.4. The minimum absolute atomic E-state index is 0.296. The molecule has 0 bridgehead atoms. The predicted molar refractivity (Wildman–Crippen MR) is 44.5 cm³/mol. The summed E-state index contributed by atoms with van der Waals surface area (Å²) >= 11 is 0. The Morgan fingerprint density at radius 1 is 1.46 bits per heavy atom. The van der Waals surface area contributed by atoms with Crippen LogP contribution in [0.4, 0.5) is 13.2 Å². The number of rotatable bonds is 2. The van der Waals surface area contributed by atoms with Crippen LogP contribution in [0.5, 0.6) is 0 Å². The summed E-state index contributed by atoms with van der Waals surface area (Å²) < 4.78 is 37.3. The van der Waals surface area contributed by atoms with Crippen LogP contribution in [0, 0.1) is 5.92 Å². The van der Waals surface area contributed by atoms with Gasteiger partial charge in [-0.25, -0.2) is 0 Å². The number of hydrogen-bond acceptors (Lipinski definition) is 2. The van der Waals surface area contributed by atoms with Crippen LogP contribution >= 0.6 is 0 Å². The maximum atomic E-state index is 12.4. The molecular formula is C8H15F3N2. The Balaban J connectivity index is 2.57. The molecule has 0 aliphatic carbocycles. The van der Waals surface area contributed by atoms with E-state index in [0.717, 1.165) is 6.54 Å². The standard InChI is InChI=1S/C8H15F3N2/c1-12-7(8(9,10)11)6-3-4-13(2)5-6/h6-7,12H,3-5H2,1-2H3. The van der Waals surface area contributed by atoms with Crippen LogP contribution in [-0.4, -0.2) is 44.3 Å². The minimum atomic E-state index is -4.12. The zero-order valence-electron chi connectivity index (χ0n) is 7.86. The zero-order chi connectivity index (χ0) is 10.1. The number of nitrogens with zero attached hydrogens (tertiary/aromatic N) is 1. The molecule has 0 aromatic heterocycles. The van der Waals surface area contributed by atoms with Crippen LogP contribution < -0.4 is 5.32 Å². The van der Waals surface area contributed by atoms with Crippen molar-refractivity contribution in [2.24, 2.45) is 5.92 Å². The van der Waals surface area contributed by atoms with Crippen LogP contribution in [0.3, 0.4) is 0 Å². The molecule has 0 spiro atoms. The second-order valence-corrected chi connectivity index (χ2v) is 3.62. The number of halogens is 3. The highest BCUT2D eigenvalue weighted by atomic mass is 19.4. The molecule has 0 amide bonds. The van der Waals surface area contributed by atoms with Gasteiger partial charge in [0.1, 0.15) is 6.04 Å². The van der Waals surface area contributed by atoms with Crippen molar-refractivity contribution in [3.8, 4) is 0 Å². The first kappa shape index (κ1) is 10.8. The molecule has 1 aliphatic rings. The fourth-order valence-corrected chi connectivity index (χ4v) is 1.91. The van der Waals surface area contributed by atoms with Crippen molar-refractivity contribution < 1.29 is 13.2 Å². The third kappa shape index (κ3) is 2.57. The van der Waals surface area contributed by atoms with Gasteiger partial charge in [-0.1, -0.05) is 0 Å². The van der Waals surface area contributed by atoms with E-state index in [1.807, 2.05) is 11.9 Å². The van der Waals surface area contributed by atoms with Gasteiger partial charge in [-0.3, -0.25) is 0 Å². The molecular weight excluding hydrogens is 181 g/mol. The van der Waals surface area contributed by atoms with Crippen LogP contribution in [-0.2, 0) is 0 Å². The predicted octanol–water partition coefficient (Wildman–Crippen LogP) is 1.09. The molecule has 1 heterocycles. The minimum Gasteiger partial charge on any atom is -0.309 e. The molecule has 2 nitrogen and oxygen atoms in total. The van der Waals surface area contributed by atoms with E-state index in [-0.39, 0.29) is 5.92 Å². The van der Waals surface area contributed by atoms with E-state index in [1.54, 1.807) is 0 Å². The van der Waals surface area contributed by atoms with Crippen LogP contribution in [0.25, 0.3) is 0 Å². The fraction of sp³-hybridized carbons (Fsp3) is 1.00. The lowest BCUT2D eigenvalue weighted by atomic mass is 9.99. The van der Waals surface area contributed by atoms with E-state index in [0.29, 0.717) is 13.0 Å². The van der Waals surface area contributed by atoms with Gasteiger partial charge in [-0.05, 0) is 33.0 Å². The Bertz CT molecular complexity index is 169. The van der Waals surface area contributed by atoms with Gasteiger partial charge in [-0.2, -0.15) is 13.2 Å². The Kier molecular flexibility index (Phi) is 3.18. The van der Waals surface area contributed by atoms with Gasteiger partial charge in [0, 0.05) is 6.54 Å². The first-order valence-corrected chi connectivity index (χ1v) is 4.37. The Labute approximate surface area is 76.1 Å². The highest BCUT2D eigenvalue weighted by molar-refractivity contribution is 4.87. The first-order chi connectivity index (χ1) is 5.95. The lowest BCUT2D eigenvalue weighted by molar-refractivity contribution is -0.165. The summed E-state index contributed by atoms with van der Waals surface area (Å²) in [5.74, 6) is -0.296. The molecule has 5 heteroatoms. The van der Waals surface area contributed by atoms with Crippen molar-refractivity contribution in [3.05, 3.63) is 0 Å². The third-order valence-electron chi connectivity index (χ3n) is 2.56. The van der Waals surface area contributed by atoms with Crippen LogP contribution in [0.1, 0.15) is 6.42 Å². The van der Waals surface area contributed by atoms with Gasteiger partial charge in [0.05, 0.1) is 0 Å². The Morgan fingerprint density at radius 3 is 2.38 bits per heavy atom. The molecule has 13 heavy (non-hydrogen) atoms. The zero-order valence-corrected chi connectivity index (χ0v) is 7.86. The number of alkyl halides is 3. The molecule has 2 unspecified atom stereocenters. The SMILES string of the molecule is CNC(C1CCN(C)C1)C(F)(F)F. The van der Waals surface area contributed by atoms with Crippen molar-refractivity contribution in [1.29, 1.82) is 0 Å². The molecule has 1 saturated heterocycles. The monoisotopic (exact) mass is 196 g/mol. The van der Waals surface area contributed by atoms with Crippen molar-refractivity contribution in [1.82, 2.24) is 10.2 Å². The van der Waals surface area contributed by atoms with E-state index in [1.165, 1.54) is 7.05 Å². The van der Waals surface area contributed by atoms with E-state index < -0.39 is 12.2 Å². The first-order valence-electron chi connectivity index (χ1n) is 4.37. The lowest BCUT2D eigenvalue weighted by Crippen LogP contribution is -2.46. The fourth-order valence-electron chi connectivity index (χ4n) is 1.91. The molecule has 2 atom stereocenters. The highest BCUT2D eigenvalue weighted by Gasteiger charge is 2.45. The van der Waals surface area contributed by atoms with Crippen molar-refractivity contribution in [2.45, 2.75) is 18.6 Å². The van der Waals surface area contributed by atoms with Crippen molar-refractivity contribution in [2.75, 3.05) is 27.2 Å². The van der Waals surface area contributed by atoms with Crippen molar-refractivity contribution >= 4 is 0 Å². The second kappa shape index (κ2) is 3.84. The highest BCUT2D eigenvalue weighted by Crippen LogP contribution is 2.30. The molecule has 1 N–H and O–H groups in total. The number of hydrogen-bond donors (Lipinski definition) is 1. The summed E-state index contributed by atoms with van der Waals surface area (Å²) in [4.78, 5) is 1.93. The van der Waals surface area contributed by atoms with Crippen LogP contribution in [0.15, 0.2) is 0 Å². The molecule has 1 fully saturated rings. The molecule has 0 aromatic rings. The van der Waals surface area contributed by atoms with Crippen molar-refractivity contribution in [3.63, 3.8) is 0 Å². The summed E-state index contributed by atoms with van der Waals surface area (Å²) in [6.45, 7) is 1.30. The Hall–Kier alpha value is -0.290. The number of nitrogens with one attached hydrogen (secondary N) is 1.